The summed E-state index contributed by atoms with van der Waals surface area (Å²) in [6.45, 7) is 7.36. The maximum atomic E-state index is 5.15. The van der Waals surface area contributed by atoms with Crippen LogP contribution in [0.5, 0.6) is 0 Å². The molecule has 11 heavy (non-hydrogen) atoms. The Morgan fingerprint density at radius 1 is 0.909 bits per heavy atom. The maximum Gasteiger partial charge on any atom is 0.513 e. The number of hydrogen-bond donors (Lipinski definition) is 0. The molecular formula is C6H16O4Si. The maximum absolute atomic E-state index is 5.15. The van der Waals surface area contributed by atoms with Crippen molar-refractivity contribution in [1.82, 2.24) is 0 Å². The Balaban J connectivity index is 3.34. The quantitative estimate of drug-likeness (QED) is 0.329. The van der Waals surface area contributed by atoms with Crippen LogP contribution in [0.1, 0.15) is 20.8 Å². The van der Waals surface area contributed by atoms with Crippen molar-refractivity contribution in [2.24, 2.45) is 0 Å². The SMILES string of the molecule is CCOO[SiH](OCC)OCC. The van der Waals surface area contributed by atoms with Gasteiger partial charge in [0.25, 0.3) is 0 Å². The first-order chi connectivity index (χ1) is 5.35. The summed E-state index contributed by atoms with van der Waals surface area (Å²) in [5.41, 5.74) is 0. The van der Waals surface area contributed by atoms with Crippen LogP contribution in [0.15, 0.2) is 0 Å². The lowest BCUT2D eigenvalue weighted by Gasteiger charge is -2.12. The minimum absolute atomic E-state index is 0.518. The van der Waals surface area contributed by atoms with Crippen molar-refractivity contribution in [3.05, 3.63) is 0 Å². The Labute approximate surface area is 69.3 Å². The lowest BCUT2D eigenvalue weighted by molar-refractivity contribution is -0.236. The van der Waals surface area contributed by atoms with Crippen LogP contribution in [0.25, 0.3) is 0 Å². The monoisotopic (exact) mass is 180 g/mol. The van der Waals surface area contributed by atoms with Crippen LogP contribution in [-0.2, 0) is 18.3 Å². The Bertz CT molecular complexity index is 75.0. The van der Waals surface area contributed by atoms with Gasteiger partial charge in [-0.3, -0.25) is 0 Å². The highest BCUT2D eigenvalue weighted by Crippen LogP contribution is 1.92. The van der Waals surface area contributed by atoms with Crippen molar-refractivity contribution < 1.29 is 18.3 Å². The van der Waals surface area contributed by atoms with Gasteiger partial charge in [0.15, 0.2) is 0 Å². The highest BCUT2D eigenvalue weighted by atomic mass is 28.3. The lowest BCUT2D eigenvalue weighted by atomic mass is 10.9. The molecule has 0 bridgehead atoms. The average Bonchev–Trinajstić information content (AvgIpc) is 2.01. The fourth-order valence-electron chi connectivity index (χ4n) is 0.499. The van der Waals surface area contributed by atoms with Crippen LogP contribution < -0.4 is 0 Å². The third-order valence-electron chi connectivity index (χ3n) is 0.870. The van der Waals surface area contributed by atoms with E-state index in [1.54, 1.807) is 0 Å². The van der Waals surface area contributed by atoms with Gasteiger partial charge >= 0.3 is 9.53 Å². The molecule has 0 saturated heterocycles. The van der Waals surface area contributed by atoms with Gasteiger partial charge < -0.3 is 8.85 Å². The zero-order valence-corrected chi connectivity index (χ0v) is 8.49. The molecule has 0 N–H and O–H groups in total. The van der Waals surface area contributed by atoms with Crippen LogP contribution in [0.4, 0.5) is 0 Å². The molecule has 5 heteroatoms. The molecule has 0 atom stereocenters. The molecule has 0 fully saturated rings. The fraction of sp³-hybridized carbons (Fsp3) is 1.00. The van der Waals surface area contributed by atoms with E-state index in [9.17, 15) is 0 Å². The summed E-state index contributed by atoms with van der Waals surface area (Å²) in [4.78, 5) is 4.71. The normalized spacial score (nSPS) is 10.9. The molecule has 0 aromatic carbocycles. The smallest absolute Gasteiger partial charge is 0.375 e. The topological polar surface area (TPSA) is 36.9 Å². The highest BCUT2D eigenvalue weighted by molar-refractivity contribution is 6.35. The van der Waals surface area contributed by atoms with Crippen LogP contribution in [0.2, 0.25) is 0 Å². The molecule has 0 rings (SSSR count). The Morgan fingerprint density at radius 2 is 1.45 bits per heavy atom. The summed E-state index contributed by atoms with van der Waals surface area (Å²) in [7, 11) is -1.97. The van der Waals surface area contributed by atoms with Crippen molar-refractivity contribution in [2.45, 2.75) is 20.8 Å². The van der Waals surface area contributed by atoms with Gasteiger partial charge in [-0.1, -0.05) is 0 Å². The largest absolute Gasteiger partial charge is 0.513 e. The van der Waals surface area contributed by atoms with Gasteiger partial charge in [-0.05, 0) is 20.8 Å². The van der Waals surface area contributed by atoms with E-state index in [-0.39, 0.29) is 0 Å². The van der Waals surface area contributed by atoms with Gasteiger partial charge in [0.2, 0.25) is 0 Å². The van der Waals surface area contributed by atoms with E-state index in [1.807, 2.05) is 20.8 Å². The number of rotatable bonds is 7. The summed E-state index contributed by atoms with van der Waals surface area (Å²) in [5.74, 6) is 0. The third kappa shape index (κ3) is 6.45. The molecule has 68 valence electrons. The second-order valence-corrected chi connectivity index (χ2v) is 3.14. The molecule has 0 unspecified atom stereocenters. The molecule has 0 aromatic heterocycles. The van der Waals surface area contributed by atoms with Crippen LogP contribution in [-0.4, -0.2) is 29.3 Å². The van der Waals surface area contributed by atoms with Crippen LogP contribution >= 0.6 is 0 Å². The summed E-state index contributed by atoms with van der Waals surface area (Å²) in [5, 5.41) is 0. The van der Waals surface area contributed by atoms with Crippen LogP contribution in [0.3, 0.4) is 0 Å². The van der Waals surface area contributed by atoms with E-state index >= 15 is 0 Å². The molecule has 0 heterocycles. The second kappa shape index (κ2) is 8.16. The summed E-state index contributed by atoms with van der Waals surface area (Å²) < 4.78 is 15.2. The first kappa shape index (κ1) is 11.1. The molecule has 0 radical (unpaired) electrons. The van der Waals surface area contributed by atoms with Gasteiger partial charge in [-0.25, -0.2) is 9.46 Å². The summed E-state index contributed by atoms with van der Waals surface area (Å²) in [6, 6.07) is 0. The van der Waals surface area contributed by atoms with Crippen molar-refractivity contribution >= 4 is 9.53 Å². The molecule has 0 aliphatic rings. The minimum atomic E-state index is -1.97. The van der Waals surface area contributed by atoms with Gasteiger partial charge in [0.05, 0.1) is 6.61 Å². The fourth-order valence-corrected chi connectivity index (χ4v) is 1.50. The van der Waals surface area contributed by atoms with Crippen LogP contribution in [0, 0.1) is 0 Å². The third-order valence-corrected chi connectivity index (χ3v) is 2.37. The summed E-state index contributed by atoms with van der Waals surface area (Å²) in [6.07, 6.45) is 0. The van der Waals surface area contributed by atoms with E-state index in [2.05, 4.69) is 0 Å². The molecule has 0 spiro atoms. The molecular weight excluding hydrogens is 164 g/mol. The van der Waals surface area contributed by atoms with E-state index in [0.717, 1.165) is 0 Å². The average molecular weight is 180 g/mol. The molecule has 0 saturated carbocycles. The van der Waals surface area contributed by atoms with E-state index in [4.69, 9.17) is 18.3 Å². The van der Waals surface area contributed by atoms with Gasteiger partial charge in [0, 0.05) is 13.2 Å². The molecule has 0 aliphatic carbocycles. The van der Waals surface area contributed by atoms with Crippen molar-refractivity contribution in [1.29, 1.82) is 0 Å². The predicted octanol–water partition coefficient (Wildman–Crippen LogP) is 0.745. The van der Waals surface area contributed by atoms with Gasteiger partial charge in [-0.15, -0.1) is 0 Å². The zero-order chi connectivity index (χ0) is 8.53. The lowest BCUT2D eigenvalue weighted by Crippen LogP contribution is -2.27. The minimum Gasteiger partial charge on any atom is -0.375 e. The molecule has 0 amide bonds. The van der Waals surface area contributed by atoms with Crippen molar-refractivity contribution in [3.8, 4) is 0 Å². The zero-order valence-electron chi connectivity index (χ0n) is 7.33. The predicted molar refractivity (Wildman–Crippen MR) is 43.1 cm³/mol. The Hall–Kier alpha value is 0.0569. The Kier molecular flexibility index (Phi) is 8.20. The highest BCUT2D eigenvalue weighted by Gasteiger charge is 2.14. The van der Waals surface area contributed by atoms with Gasteiger partial charge in [0.1, 0.15) is 0 Å². The van der Waals surface area contributed by atoms with E-state index < -0.39 is 9.53 Å². The Morgan fingerprint density at radius 3 is 1.82 bits per heavy atom. The second-order valence-electron chi connectivity index (χ2n) is 1.70. The summed E-state index contributed by atoms with van der Waals surface area (Å²) >= 11 is 0. The first-order valence-electron chi connectivity index (χ1n) is 3.86. The van der Waals surface area contributed by atoms with Gasteiger partial charge in [-0.2, -0.15) is 0 Å². The van der Waals surface area contributed by atoms with Crippen molar-refractivity contribution in [2.75, 3.05) is 19.8 Å². The molecule has 0 aliphatic heterocycles. The molecule has 4 nitrogen and oxygen atoms in total. The number of hydrogen-bond acceptors (Lipinski definition) is 4. The van der Waals surface area contributed by atoms with E-state index in [1.165, 1.54) is 0 Å². The van der Waals surface area contributed by atoms with Crippen molar-refractivity contribution in [3.63, 3.8) is 0 Å². The standard InChI is InChI=1S/C6H16O4Si/c1-4-7-10-11(8-5-2)9-6-3/h11H,4-6H2,1-3H3. The van der Waals surface area contributed by atoms with E-state index in [0.29, 0.717) is 19.8 Å². The first-order valence-corrected chi connectivity index (χ1v) is 5.28. The molecule has 0 aromatic rings.